The highest BCUT2D eigenvalue weighted by molar-refractivity contribution is 5.22. The van der Waals surface area contributed by atoms with Gasteiger partial charge in [0.25, 0.3) is 0 Å². The number of rotatable bonds is 5. The molecule has 1 fully saturated rings. The van der Waals surface area contributed by atoms with Crippen molar-refractivity contribution in [3.8, 4) is 5.88 Å². The van der Waals surface area contributed by atoms with Gasteiger partial charge in [-0.3, -0.25) is 0 Å². The Kier molecular flexibility index (Phi) is 4.34. The minimum Gasteiger partial charge on any atom is -0.493 e. The lowest BCUT2D eigenvalue weighted by Crippen LogP contribution is -2.31. The van der Waals surface area contributed by atoms with Gasteiger partial charge in [-0.15, -0.1) is 0 Å². The Morgan fingerprint density at radius 3 is 2.92 bits per heavy atom. The van der Waals surface area contributed by atoms with E-state index in [1.165, 1.54) is 5.57 Å². The normalized spacial score (nSPS) is 23.6. The van der Waals surface area contributed by atoms with Crippen molar-refractivity contribution in [1.82, 2.24) is 14.5 Å². The molecular weight excluding hydrogens is 302 g/mol. The number of nitrogens with zero attached hydrogens (tertiary/aromatic N) is 3. The molecule has 3 heterocycles. The van der Waals surface area contributed by atoms with Gasteiger partial charge in [0.15, 0.2) is 0 Å². The van der Waals surface area contributed by atoms with E-state index in [1.54, 1.807) is 6.07 Å². The Bertz CT molecular complexity index is 734. The van der Waals surface area contributed by atoms with Gasteiger partial charge in [0, 0.05) is 43.1 Å². The number of allylic oxidation sites excluding steroid dienone is 2. The van der Waals surface area contributed by atoms with Gasteiger partial charge in [-0.2, -0.15) is 0 Å². The summed E-state index contributed by atoms with van der Waals surface area (Å²) in [6.45, 7) is 1.81. The van der Waals surface area contributed by atoms with E-state index in [0.717, 1.165) is 56.8 Å². The van der Waals surface area contributed by atoms with Crippen LogP contribution in [0, 0.1) is 0 Å². The van der Waals surface area contributed by atoms with Gasteiger partial charge in [-0.1, -0.05) is 17.7 Å². The molecule has 5 heteroatoms. The van der Waals surface area contributed by atoms with E-state index in [2.05, 4.69) is 26.8 Å². The van der Waals surface area contributed by atoms with Crippen LogP contribution in [0.5, 0.6) is 5.88 Å². The molecule has 24 heavy (non-hydrogen) atoms. The predicted octanol–water partition coefficient (Wildman–Crippen LogP) is 3.21. The van der Waals surface area contributed by atoms with Crippen molar-refractivity contribution in [2.24, 2.45) is 0 Å². The summed E-state index contributed by atoms with van der Waals surface area (Å²) in [7, 11) is 0. The zero-order valence-corrected chi connectivity index (χ0v) is 13.8. The van der Waals surface area contributed by atoms with Crippen LogP contribution in [0.1, 0.15) is 43.1 Å². The molecule has 0 radical (unpaired) electrons. The molecule has 0 saturated carbocycles. The van der Waals surface area contributed by atoms with Gasteiger partial charge in [0.2, 0.25) is 5.88 Å². The highest BCUT2D eigenvalue weighted by Gasteiger charge is 2.21. The molecule has 0 spiro atoms. The summed E-state index contributed by atoms with van der Waals surface area (Å²) in [6, 6.07) is 5.50. The number of ether oxygens (including phenoxy) is 1. The van der Waals surface area contributed by atoms with Gasteiger partial charge >= 0.3 is 0 Å². The van der Waals surface area contributed by atoms with Crippen molar-refractivity contribution in [3.05, 3.63) is 53.8 Å². The van der Waals surface area contributed by atoms with E-state index in [4.69, 9.17) is 4.74 Å². The summed E-state index contributed by atoms with van der Waals surface area (Å²) < 4.78 is 7.76. The summed E-state index contributed by atoms with van der Waals surface area (Å²) >= 11 is 0. The number of pyridine rings is 1. The van der Waals surface area contributed by atoms with Crippen molar-refractivity contribution >= 4 is 0 Å². The molecule has 2 atom stereocenters. The van der Waals surface area contributed by atoms with Gasteiger partial charge in [-0.05, 0) is 31.7 Å². The number of imidazole rings is 1. The molecule has 0 bridgehead atoms. The van der Waals surface area contributed by atoms with Crippen molar-refractivity contribution in [2.75, 3.05) is 6.61 Å². The number of hydrogen-bond donors (Lipinski definition) is 1. The highest BCUT2D eigenvalue weighted by Crippen LogP contribution is 2.32. The molecule has 2 aromatic heterocycles. The van der Waals surface area contributed by atoms with Crippen LogP contribution in [0.3, 0.4) is 0 Å². The first-order chi connectivity index (χ1) is 11.8. The van der Waals surface area contributed by atoms with E-state index in [-0.39, 0.29) is 5.88 Å². The third-order valence-electron chi connectivity index (χ3n) is 5.06. The maximum atomic E-state index is 9.55. The molecular formula is C19H23N3O2. The second-order valence-corrected chi connectivity index (χ2v) is 6.71. The lowest BCUT2D eigenvalue weighted by molar-refractivity contribution is -0.0595. The molecule has 1 N–H and O–H groups in total. The Labute approximate surface area is 142 Å². The third-order valence-corrected chi connectivity index (χ3v) is 5.06. The van der Waals surface area contributed by atoms with Crippen LogP contribution < -0.4 is 0 Å². The standard InChI is InChI=1S/C19H23N3O2/c23-19-3-1-2-17(21-19)15-6-4-14(5-7-15)12-18-20-9-10-22(18)13-16-8-11-24-16/h1-4,9-10,15-16H,5-8,11-13H2,(H,21,23)/t15?,16-/m0/s1. The second-order valence-electron chi connectivity index (χ2n) is 6.71. The fourth-order valence-electron chi connectivity index (χ4n) is 3.51. The highest BCUT2D eigenvalue weighted by atomic mass is 16.5. The molecule has 0 amide bonds. The maximum absolute atomic E-state index is 9.55. The average Bonchev–Trinajstić information content (AvgIpc) is 2.99. The Balaban J connectivity index is 1.39. The first-order valence-electron chi connectivity index (χ1n) is 8.73. The fourth-order valence-corrected chi connectivity index (χ4v) is 3.51. The number of aromatic hydroxyl groups is 1. The molecule has 126 valence electrons. The molecule has 1 unspecified atom stereocenters. The third kappa shape index (κ3) is 3.36. The fraction of sp³-hybridized carbons (Fsp3) is 0.474. The SMILES string of the molecule is Oc1cccc(C2CC=C(Cc3nccn3C[C@@H]3CCO3)CC2)n1. The van der Waals surface area contributed by atoms with E-state index >= 15 is 0 Å². The van der Waals surface area contributed by atoms with Crippen LogP contribution in [0.4, 0.5) is 0 Å². The van der Waals surface area contributed by atoms with Crippen molar-refractivity contribution in [1.29, 1.82) is 0 Å². The summed E-state index contributed by atoms with van der Waals surface area (Å²) in [4.78, 5) is 8.79. The smallest absolute Gasteiger partial charge is 0.210 e. The lowest BCUT2D eigenvalue weighted by Gasteiger charge is -2.27. The lowest BCUT2D eigenvalue weighted by atomic mass is 9.86. The predicted molar refractivity (Wildman–Crippen MR) is 90.9 cm³/mol. The molecule has 2 aliphatic rings. The summed E-state index contributed by atoms with van der Waals surface area (Å²) in [6.07, 6.45) is 11.8. The van der Waals surface area contributed by atoms with Crippen LogP contribution in [0.25, 0.3) is 0 Å². The zero-order valence-electron chi connectivity index (χ0n) is 13.8. The van der Waals surface area contributed by atoms with Gasteiger partial charge < -0.3 is 14.4 Å². The largest absolute Gasteiger partial charge is 0.493 e. The van der Waals surface area contributed by atoms with Crippen LogP contribution in [0.2, 0.25) is 0 Å². The number of aromatic nitrogens is 3. The van der Waals surface area contributed by atoms with Gasteiger partial charge in [-0.25, -0.2) is 9.97 Å². The van der Waals surface area contributed by atoms with Crippen molar-refractivity contribution in [2.45, 2.75) is 50.7 Å². The molecule has 2 aromatic rings. The first-order valence-corrected chi connectivity index (χ1v) is 8.73. The van der Waals surface area contributed by atoms with Crippen LogP contribution >= 0.6 is 0 Å². The van der Waals surface area contributed by atoms with E-state index < -0.39 is 0 Å². The average molecular weight is 325 g/mol. The van der Waals surface area contributed by atoms with E-state index in [0.29, 0.717) is 12.0 Å². The minimum atomic E-state index is 0.113. The van der Waals surface area contributed by atoms with Crippen LogP contribution in [0.15, 0.2) is 42.2 Å². The second kappa shape index (κ2) is 6.77. The Hall–Kier alpha value is -2.14. The summed E-state index contributed by atoms with van der Waals surface area (Å²) in [5, 5.41) is 9.55. The molecule has 1 saturated heterocycles. The molecule has 1 aliphatic heterocycles. The molecule has 4 rings (SSSR count). The van der Waals surface area contributed by atoms with E-state index in [9.17, 15) is 5.11 Å². The quantitative estimate of drug-likeness (QED) is 0.858. The van der Waals surface area contributed by atoms with Crippen molar-refractivity contribution < 1.29 is 9.84 Å². The molecule has 0 aromatic carbocycles. The topological polar surface area (TPSA) is 60.2 Å². The Morgan fingerprint density at radius 1 is 1.29 bits per heavy atom. The van der Waals surface area contributed by atoms with E-state index in [1.807, 2.05) is 18.3 Å². The Morgan fingerprint density at radius 2 is 2.21 bits per heavy atom. The maximum Gasteiger partial charge on any atom is 0.210 e. The monoisotopic (exact) mass is 325 g/mol. The minimum absolute atomic E-state index is 0.113. The first kappa shape index (κ1) is 15.4. The zero-order chi connectivity index (χ0) is 16.4. The number of hydrogen-bond acceptors (Lipinski definition) is 4. The summed E-state index contributed by atoms with van der Waals surface area (Å²) in [5.41, 5.74) is 2.45. The van der Waals surface area contributed by atoms with Gasteiger partial charge in [0.05, 0.1) is 12.6 Å². The van der Waals surface area contributed by atoms with Crippen molar-refractivity contribution in [3.63, 3.8) is 0 Å². The van der Waals surface area contributed by atoms with Crippen LogP contribution in [-0.4, -0.2) is 32.4 Å². The van der Waals surface area contributed by atoms with Gasteiger partial charge in [0.1, 0.15) is 5.82 Å². The summed E-state index contributed by atoms with van der Waals surface area (Å²) in [5.74, 6) is 1.65. The molecule has 5 nitrogen and oxygen atoms in total. The van der Waals surface area contributed by atoms with Crippen LogP contribution in [-0.2, 0) is 17.7 Å². The molecule has 1 aliphatic carbocycles.